The average Bonchev–Trinajstić information content (AvgIpc) is 3.57. The summed E-state index contributed by atoms with van der Waals surface area (Å²) in [5.41, 5.74) is 0.0842. The first-order valence-electron chi connectivity index (χ1n) is 15.6. The van der Waals surface area contributed by atoms with Crippen LogP contribution in [-0.4, -0.2) is 78.2 Å². The van der Waals surface area contributed by atoms with Crippen LogP contribution in [0.25, 0.3) is 0 Å². The third kappa shape index (κ3) is 6.43. The molecule has 4 heterocycles. The number of aromatic nitrogens is 2. The summed E-state index contributed by atoms with van der Waals surface area (Å²) in [6, 6.07) is 5.96. The van der Waals surface area contributed by atoms with Gasteiger partial charge in [-0.3, -0.25) is 0 Å². The number of hydrogen-bond donors (Lipinski definition) is 0. The summed E-state index contributed by atoms with van der Waals surface area (Å²) in [6.45, 7) is 7.93. The van der Waals surface area contributed by atoms with Crippen LogP contribution in [0, 0.1) is 22.6 Å². The normalized spacial score (nSPS) is 21.9. The van der Waals surface area contributed by atoms with Crippen LogP contribution in [0.3, 0.4) is 0 Å². The molecule has 4 aliphatic rings. The average molecular weight is 614 g/mol. The number of hydrogen-bond acceptors (Lipinski definition) is 8. The van der Waals surface area contributed by atoms with E-state index in [-0.39, 0.29) is 36.2 Å². The van der Waals surface area contributed by atoms with Gasteiger partial charge in [-0.1, -0.05) is 12.1 Å². The number of benzene rings is 1. The van der Waals surface area contributed by atoms with Crippen LogP contribution in [0.5, 0.6) is 6.01 Å². The molecule has 1 aromatic heterocycles. The number of alkyl halides is 3. The lowest BCUT2D eigenvalue weighted by Gasteiger charge is -2.42. The predicted octanol–water partition coefficient (Wildman–Crippen LogP) is 5.39. The van der Waals surface area contributed by atoms with E-state index >= 15 is 0 Å². The second-order valence-electron chi connectivity index (χ2n) is 12.5. The first-order chi connectivity index (χ1) is 21.2. The molecule has 0 bridgehead atoms. The van der Waals surface area contributed by atoms with Gasteiger partial charge in [0.15, 0.2) is 0 Å². The van der Waals surface area contributed by atoms with E-state index in [1.807, 2.05) is 19.2 Å². The van der Waals surface area contributed by atoms with Crippen molar-refractivity contribution < 1.29 is 22.3 Å². The number of nitriles is 1. The lowest BCUT2D eigenvalue weighted by atomic mass is 10.0. The fraction of sp³-hybridized carbons (Fsp3) is 0.594. The molecule has 1 aromatic carbocycles. The number of rotatable bonds is 9. The van der Waals surface area contributed by atoms with Crippen molar-refractivity contribution in [3.05, 3.63) is 53.1 Å². The van der Waals surface area contributed by atoms with Crippen LogP contribution in [-0.2, 0) is 19.1 Å². The Morgan fingerprint density at radius 3 is 2.59 bits per heavy atom. The Labute approximate surface area is 255 Å². The van der Waals surface area contributed by atoms with Gasteiger partial charge in [0.25, 0.3) is 0 Å². The quantitative estimate of drug-likeness (QED) is 0.349. The van der Waals surface area contributed by atoms with Crippen molar-refractivity contribution in [3.8, 4) is 12.1 Å². The van der Waals surface area contributed by atoms with Crippen LogP contribution in [0.1, 0.15) is 55.8 Å². The second kappa shape index (κ2) is 12.4. The zero-order chi connectivity index (χ0) is 30.9. The molecule has 1 aliphatic carbocycles. The number of ether oxygens (including phenoxy) is 1. The second-order valence-corrected chi connectivity index (χ2v) is 12.5. The van der Waals surface area contributed by atoms with Crippen molar-refractivity contribution in [2.24, 2.45) is 5.41 Å². The summed E-state index contributed by atoms with van der Waals surface area (Å²) < 4.78 is 62.6. The summed E-state index contributed by atoms with van der Waals surface area (Å²) in [5.74, 6) is -0.573. The zero-order valence-corrected chi connectivity index (χ0v) is 25.1. The number of allylic oxidation sites excluding steroid dienone is 1. The molecule has 0 spiro atoms. The number of nitrogens with zero attached hydrogens (tertiary/aromatic N) is 7. The number of likely N-dealkylation sites (tertiary alicyclic amines) is 1. The minimum Gasteiger partial charge on any atom is -0.463 e. The summed E-state index contributed by atoms with van der Waals surface area (Å²) in [5, 5.41) is 9.51. The highest BCUT2D eigenvalue weighted by Gasteiger charge is 2.45. The minimum atomic E-state index is -4.83. The Hall–Kier alpha value is -3.59. The summed E-state index contributed by atoms with van der Waals surface area (Å²) >= 11 is 0. The third-order valence-electron chi connectivity index (χ3n) is 9.36. The van der Waals surface area contributed by atoms with E-state index in [9.17, 15) is 22.8 Å². The van der Waals surface area contributed by atoms with Crippen LogP contribution >= 0.6 is 0 Å². The van der Waals surface area contributed by atoms with E-state index in [0.29, 0.717) is 50.6 Å². The van der Waals surface area contributed by atoms with Gasteiger partial charge in [-0.05, 0) is 70.5 Å². The SMILES string of the molecule is CC=CN1CCN(c2nc(OCC3(CN4CCCC4)CC3)nc3c2CCN(c2cccc(F)c2C(F)(F)F)C3)CC1CC#N. The Morgan fingerprint density at radius 2 is 1.89 bits per heavy atom. The van der Waals surface area contributed by atoms with Gasteiger partial charge >= 0.3 is 12.2 Å². The van der Waals surface area contributed by atoms with E-state index in [2.05, 4.69) is 20.8 Å². The lowest BCUT2D eigenvalue weighted by Crippen LogP contribution is -2.51. The van der Waals surface area contributed by atoms with Gasteiger partial charge in [-0.25, -0.2) is 4.39 Å². The minimum absolute atomic E-state index is 0.0307. The number of fused-ring (bicyclic) bond motifs is 1. The molecule has 44 heavy (non-hydrogen) atoms. The van der Waals surface area contributed by atoms with Crippen molar-refractivity contribution in [1.29, 1.82) is 5.26 Å². The molecule has 12 heteroatoms. The highest BCUT2D eigenvalue weighted by atomic mass is 19.4. The summed E-state index contributed by atoms with van der Waals surface area (Å²) in [4.78, 5) is 18.0. The molecule has 8 nitrogen and oxygen atoms in total. The Balaban J connectivity index is 1.30. The van der Waals surface area contributed by atoms with Crippen molar-refractivity contribution >= 4 is 11.5 Å². The smallest absolute Gasteiger partial charge is 0.421 e. The van der Waals surface area contributed by atoms with Crippen LogP contribution in [0.4, 0.5) is 29.1 Å². The van der Waals surface area contributed by atoms with E-state index < -0.39 is 17.6 Å². The zero-order valence-electron chi connectivity index (χ0n) is 25.1. The van der Waals surface area contributed by atoms with E-state index in [4.69, 9.17) is 14.7 Å². The van der Waals surface area contributed by atoms with Crippen molar-refractivity contribution in [2.45, 2.75) is 64.2 Å². The maximum absolute atomic E-state index is 14.5. The predicted molar refractivity (Wildman–Crippen MR) is 159 cm³/mol. The molecule has 1 unspecified atom stereocenters. The molecule has 2 aromatic rings. The Morgan fingerprint density at radius 1 is 1.09 bits per heavy atom. The van der Waals surface area contributed by atoms with Gasteiger partial charge in [0.2, 0.25) is 0 Å². The van der Waals surface area contributed by atoms with E-state index in [1.54, 1.807) is 4.90 Å². The fourth-order valence-corrected chi connectivity index (χ4v) is 6.87. The van der Waals surface area contributed by atoms with Gasteiger partial charge in [0.05, 0.1) is 43.1 Å². The van der Waals surface area contributed by atoms with Crippen molar-refractivity contribution in [3.63, 3.8) is 0 Å². The van der Waals surface area contributed by atoms with Crippen LogP contribution < -0.4 is 14.5 Å². The van der Waals surface area contributed by atoms with E-state index in [0.717, 1.165) is 44.1 Å². The number of anilines is 2. The summed E-state index contributed by atoms with van der Waals surface area (Å²) in [6.07, 6.45) is 4.50. The number of piperazine rings is 1. The molecule has 0 radical (unpaired) electrons. The molecule has 6 rings (SSSR count). The summed E-state index contributed by atoms with van der Waals surface area (Å²) in [7, 11) is 0. The molecule has 236 valence electrons. The standard InChI is InChI=1S/C32H39F4N7O/c1-2-13-41-17-18-43(19-23(41)8-12-37)29-24-9-16-42(27-7-5-6-25(33)28(27)32(34,35)36)20-26(24)38-30(39-29)44-22-31(10-11-31)21-40-14-3-4-15-40/h2,5-7,13,23H,3-4,8-11,14-22H2,1H3. The molecular formula is C32H39F4N7O. The van der Waals surface area contributed by atoms with Crippen LogP contribution in [0.2, 0.25) is 0 Å². The van der Waals surface area contributed by atoms with E-state index in [1.165, 1.54) is 25.0 Å². The fourth-order valence-electron chi connectivity index (χ4n) is 6.87. The van der Waals surface area contributed by atoms with Gasteiger partial charge in [-0.15, -0.1) is 0 Å². The largest absolute Gasteiger partial charge is 0.463 e. The molecule has 0 amide bonds. The highest BCUT2D eigenvalue weighted by molar-refractivity contribution is 5.60. The Bertz CT molecular complexity index is 1410. The van der Waals surface area contributed by atoms with Crippen molar-refractivity contribution in [2.75, 3.05) is 62.2 Å². The number of halogens is 4. The molecule has 2 saturated heterocycles. The third-order valence-corrected chi connectivity index (χ3v) is 9.36. The first-order valence-corrected chi connectivity index (χ1v) is 15.6. The van der Waals surface area contributed by atoms with Crippen LogP contribution in [0.15, 0.2) is 30.5 Å². The highest BCUT2D eigenvalue weighted by Crippen LogP contribution is 2.47. The van der Waals surface area contributed by atoms with Gasteiger partial charge in [-0.2, -0.15) is 28.4 Å². The molecular weight excluding hydrogens is 574 g/mol. The topological polar surface area (TPSA) is 71.8 Å². The Kier molecular flexibility index (Phi) is 8.59. The van der Waals surface area contributed by atoms with Crippen molar-refractivity contribution in [1.82, 2.24) is 19.8 Å². The molecule has 0 N–H and O–H groups in total. The molecule has 1 saturated carbocycles. The first kappa shape index (κ1) is 30.4. The molecule has 3 aliphatic heterocycles. The maximum Gasteiger partial charge on any atom is 0.421 e. The molecule has 3 fully saturated rings. The maximum atomic E-state index is 14.5. The monoisotopic (exact) mass is 613 g/mol. The molecule has 1 atom stereocenters. The van der Waals surface area contributed by atoms with Gasteiger partial charge in [0, 0.05) is 43.7 Å². The lowest BCUT2D eigenvalue weighted by molar-refractivity contribution is -0.139. The van der Waals surface area contributed by atoms with Gasteiger partial charge < -0.3 is 24.3 Å². The van der Waals surface area contributed by atoms with Gasteiger partial charge in [0.1, 0.15) is 17.2 Å².